The molecule has 0 amide bonds. The number of aliphatic hydroxyl groups is 1. The lowest BCUT2D eigenvalue weighted by molar-refractivity contribution is 0.198. The maximum Gasteiger partial charge on any atom is 0.0584 e. The summed E-state index contributed by atoms with van der Waals surface area (Å²) in [6, 6.07) is 8.53. The first-order valence-corrected chi connectivity index (χ1v) is 5.80. The minimum Gasteiger partial charge on any atom is -0.395 e. The third-order valence-electron chi connectivity index (χ3n) is 2.95. The fourth-order valence-corrected chi connectivity index (χ4v) is 2.35. The molecular formula is C12H16ClNO. The summed E-state index contributed by atoms with van der Waals surface area (Å²) in [7, 11) is 0. The molecule has 0 bridgehead atoms. The molecule has 1 heterocycles. The van der Waals surface area contributed by atoms with E-state index in [1.165, 1.54) is 5.56 Å². The van der Waals surface area contributed by atoms with Crippen LogP contribution in [0.1, 0.15) is 30.9 Å². The van der Waals surface area contributed by atoms with Crippen molar-refractivity contribution in [3.63, 3.8) is 0 Å². The average molecular weight is 226 g/mol. The Bertz CT molecular complexity index is 329. The van der Waals surface area contributed by atoms with Gasteiger partial charge in [0, 0.05) is 17.1 Å². The molecule has 0 aromatic heterocycles. The van der Waals surface area contributed by atoms with Gasteiger partial charge in [-0.1, -0.05) is 23.7 Å². The summed E-state index contributed by atoms with van der Waals surface area (Å²) in [5.41, 5.74) is 1.22. The van der Waals surface area contributed by atoms with E-state index >= 15 is 0 Å². The van der Waals surface area contributed by atoms with Gasteiger partial charge in [0.15, 0.2) is 0 Å². The summed E-state index contributed by atoms with van der Waals surface area (Å²) in [5.74, 6) is 0. The second-order valence-corrected chi connectivity index (χ2v) is 4.52. The third-order valence-corrected chi connectivity index (χ3v) is 3.19. The molecular weight excluding hydrogens is 210 g/mol. The molecule has 2 nitrogen and oxygen atoms in total. The molecule has 0 radical (unpaired) electrons. The number of hydrogen-bond acceptors (Lipinski definition) is 2. The van der Waals surface area contributed by atoms with Crippen molar-refractivity contribution >= 4 is 11.6 Å². The van der Waals surface area contributed by atoms with Crippen LogP contribution < -0.4 is 5.32 Å². The van der Waals surface area contributed by atoms with Crippen LogP contribution in [0.5, 0.6) is 0 Å². The quantitative estimate of drug-likeness (QED) is 0.811. The Morgan fingerprint density at radius 3 is 3.00 bits per heavy atom. The zero-order valence-electron chi connectivity index (χ0n) is 8.62. The van der Waals surface area contributed by atoms with Gasteiger partial charge in [0.05, 0.1) is 6.61 Å². The van der Waals surface area contributed by atoms with Crippen molar-refractivity contribution in [1.29, 1.82) is 0 Å². The van der Waals surface area contributed by atoms with Gasteiger partial charge in [-0.3, -0.25) is 0 Å². The second kappa shape index (κ2) is 4.97. The number of nitrogens with one attached hydrogen (secondary N) is 1. The molecule has 1 fully saturated rings. The van der Waals surface area contributed by atoms with Crippen molar-refractivity contribution in [3.05, 3.63) is 34.9 Å². The molecule has 82 valence electrons. The Morgan fingerprint density at radius 2 is 2.27 bits per heavy atom. The molecule has 0 saturated carbocycles. The van der Waals surface area contributed by atoms with Crippen LogP contribution in [-0.4, -0.2) is 17.8 Å². The molecule has 1 aromatic carbocycles. The standard InChI is InChI=1S/C12H16ClNO/c13-10-4-1-3-9(7-10)12-6-2-5-11(8-15)14-12/h1,3-4,7,11-12,14-15H,2,5-6,8H2. The molecule has 2 rings (SSSR count). The van der Waals surface area contributed by atoms with Gasteiger partial charge in [0.1, 0.15) is 0 Å². The summed E-state index contributed by atoms with van der Waals surface area (Å²) in [6.07, 6.45) is 3.35. The van der Waals surface area contributed by atoms with Crippen LogP contribution in [0.15, 0.2) is 24.3 Å². The van der Waals surface area contributed by atoms with Gasteiger partial charge >= 0.3 is 0 Å². The normalized spacial score (nSPS) is 26.5. The van der Waals surface area contributed by atoms with Crippen LogP contribution in [0.2, 0.25) is 5.02 Å². The summed E-state index contributed by atoms with van der Waals surface area (Å²) in [5, 5.41) is 13.3. The van der Waals surface area contributed by atoms with Crippen LogP contribution in [0.25, 0.3) is 0 Å². The van der Waals surface area contributed by atoms with Crippen molar-refractivity contribution in [2.24, 2.45) is 0 Å². The van der Waals surface area contributed by atoms with E-state index < -0.39 is 0 Å². The highest BCUT2D eigenvalue weighted by Gasteiger charge is 2.21. The number of hydrogen-bond donors (Lipinski definition) is 2. The molecule has 2 atom stereocenters. The summed E-state index contributed by atoms with van der Waals surface area (Å²) in [6.45, 7) is 0.219. The van der Waals surface area contributed by atoms with E-state index in [9.17, 15) is 0 Å². The number of rotatable bonds is 2. The van der Waals surface area contributed by atoms with E-state index in [4.69, 9.17) is 16.7 Å². The molecule has 1 aliphatic heterocycles. The van der Waals surface area contributed by atoms with Gasteiger partial charge in [0.25, 0.3) is 0 Å². The van der Waals surface area contributed by atoms with Crippen molar-refractivity contribution in [3.8, 4) is 0 Å². The minimum atomic E-state index is 0.219. The largest absolute Gasteiger partial charge is 0.395 e. The van der Waals surface area contributed by atoms with Gasteiger partial charge in [-0.2, -0.15) is 0 Å². The number of benzene rings is 1. The Hall–Kier alpha value is -0.570. The fraction of sp³-hybridized carbons (Fsp3) is 0.500. The Kier molecular flexibility index (Phi) is 3.62. The molecule has 2 unspecified atom stereocenters. The van der Waals surface area contributed by atoms with Crippen molar-refractivity contribution < 1.29 is 5.11 Å². The highest BCUT2D eigenvalue weighted by molar-refractivity contribution is 6.30. The first kappa shape index (κ1) is 10.9. The summed E-state index contributed by atoms with van der Waals surface area (Å²) in [4.78, 5) is 0. The van der Waals surface area contributed by atoms with Gasteiger partial charge in [-0.05, 0) is 37.0 Å². The molecule has 0 aliphatic carbocycles. The molecule has 15 heavy (non-hydrogen) atoms. The van der Waals surface area contributed by atoms with Gasteiger partial charge < -0.3 is 10.4 Å². The number of piperidine rings is 1. The van der Waals surface area contributed by atoms with Crippen LogP contribution in [0.3, 0.4) is 0 Å². The topological polar surface area (TPSA) is 32.3 Å². The number of aliphatic hydroxyl groups excluding tert-OH is 1. The van der Waals surface area contributed by atoms with Crippen molar-refractivity contribution in [2.45, 2.75) is 31.3 Å². The van der Waals surface area contributed by atoms with E-state index in [1.807, 2.05) is 18.2 Å². The molecule has 1 aliphatic rings. The number of halogens is 1. The zero-order valence-corrected chi connectivity index (χ0v) is 9.37. The summed E-state index contributed by atoms with van der Waals surface area (Å²) >= 11 is 5.96. The highest BCUT2D eigenvalue weighted by atomic mass is 35.5. The Labute approximate surface area is 95.3 Å². The maximum atomic E-state index is 9.12. The van der Waals surface area contributed by atoms with Gasteiger partial charge in [-0.25, -0.2) is 0 Å². The maximum absolute atomic E-state index is 9.12. The smallest absolute Gasteiger partial charge is 0.0584 e. The van der Waals surface area contributed by atoms with Crippen LogP contribution >= 0.6 is 11.6 Å². The molecule has 1 aromatic rings. The second-order valence-electron chi connectivity index (χ2n) is 4.08. The van der Waals surface area contributed by atoms with E-state index in [-0.39, 0.29) is 12.6 Å². The monoisotopic (exact) mass is 225 g/mol. The minimum absolute atomic E-state index is 0.219. The summed E-state index contributed by atoms with van der Waals surface area (Å²) < 4.78 is 0. The predicted molar refractivity (Wildman–Crippen MR) is 62.1 cm³/mol. The first-order valence-electron chi connectivity index (χ1n) is 5.42. The molecule has 0 spiro atoms. The van der Waals surface area contributed by atoms with Crippen LogP contribution in [0, 0.1) is 0 Å². The predicted octanol–water partition coefficient (Wildman–Crippen LogP) is 2.52. The van der Waals surface area contributed by atoms with E-state index in [2.05, 4.69) is 11.4 Å². The Balaban J connectivity index is 2.09. The van der Waals surface area contributed by atoms with E-state index in [1.54, 1.807) is 0 Å². The lowest BCUT2D eigenvalue weighted by Gasteiger charge is -2.30. The molecule has 3 heteroatoms. The lowest BCUT2D eigenvalue weighted by atomic mass is 9.94. The molecule has 2 N–H and O–H groups in total. The molecule has 1 saturated heterocycles. The van der Waals surface area contributed by atoms with Gasteiger partial charge in [0.2, 0.25) is 0 Å². The third kappa shape index (κ3) is 2.71. The van der Waals surface area contributed by atoms with Crippen LogP contribution in [0.4, 0.5) is 0 Å². The van der Waals surface area contributed by atoms with E-state index in [0.29, 0.717) is 6.04 Å². The zero-order chi connectivity index (χ0) is 10.7. The van der Waals surface area contributed by atoms with Crippen molar-refractivity contribution in [2.75, 3.05) is 6.61 Å². The first-order chi connectivity index (χ1) is 7.29. The fourth-order valence-electron chi connectivity index (χ4n) is 2.15. The Morgan fingerprint density at radius 1 is 1.40 bits per heavy atom. The van der Waals surface area contributed by atoms with E-state index in [0.717, 1.165) is 24.3 Å². The van der Waals surface area contributed by atoms with Crippen LogP contribution in [-0.2, 0) is 0 Å². The van der Waals surface area contributed by atoms with Gasteiger partial charge in [-0.15, -0.1) is 0 Å². The highest BCUT2D eigenvalue weighted by Crippen LogP contribution is 2.26. The van der Waals surface area contributed by atoms with Crippen molar-refractivity contribution in [1.82, 2.24) is 5.32 Å². The SMILES string of the molecule is OCC1CCCC(c2cccc(Cl)c2)N1. The average Bonchev–Trinajstić information content (AvgIpc) is 2.29. The lowest BCUT2D eigenvalue weighted by Crippen LogP contribution is -2.39.